The second-order valence-electron chi connectivity index (χ2n) is 3.64. The molecule has 3 unspecified atom stereocenters. The largest absolute Gasteiger partial charge is 0.380 e. The van der Waals surface area contributed by atoms with E-state index in [0.717, 1.165) is 18.8 Å². The molecule has 0 aromatic rings. The van der Waals surface area contributed by atoms with Crippen LogP contribution in [-0.4, -0.2) is 11.2 Å². The molecule has 62 valence electrons. The minimum absolute atomic E-state index is 0.365. The zero-order chi connectivity index (χ0) is 8.27. The van der Waals surface area contributed by atoms with E-state index in [9.17, 15) is 5.11 Å². The Hall–Kier alpha value is -0.480. The third kappa shape index (κ3) is 2.24. The minimum Gasteiger partial charge on any atom is -0.380 e. The number of hydrogen-bond acceptors (Lipinski definition) is 1. The Kier molecular flexibility index (Phi) is 2.96. The number of terminal acetylenes is 1. The van der Waals surface area contributed by atoms with Crippen LogP contribution >= 0.6 is 0 Å². The maximum Gasteiger partial charge on any atom is 0.117 e. The van der Waals surface area contributed by atoms with Gasteiger partial charge in [-0.2, -0.15) is 0 Å². The molecule has 0 saturated heterocycles. The first-order valence-electron chi connectivity index (χ1n) is 4.38. The normalized spacial score (nSPS) is 34.3. The molecule has 1 rings (SSSR count). The number of aliphatic hydroxyl groups is 1. The molecule has 1 aliphatic rings. The van der Waals surface area contributed by atoms with E-state index in [0.29, 0.717) is 5.92 Å². The van der Waals surface area contributed by atoms with Gasteiger partial charge in [0.1, 0.15) is 6.10 Å². The molecule has 0 bridgehead atoms. The summed E-state index contributed by atoms with van der Waals surface area (Å²) in [6.45, 7) is 2.23. The van der Waals surface area contributed by atoms with Crippen LogP contribution in [0, 0.1) is 24.2 Å². The smallest absolute Gasteiger partial charge is 0.117 e. The quantitative estimate of drug-likeness (QED) is 0.568. The molecule has 11 heavy (non-hydrogen) atoms. The highest BCUT2D eigenvalue weighted by Crippen LogP contribution is 2.30. The van der Waals surface area contributed by atoms with E-state index in [1.165, 1.54) is 12.8 Å². The lowest BCUT2D eigenvalue weighted by molar-refractivity contribution is 0.116. The van der Waals surface area contributed by atoms with Crippen molar-refractivity contribution in [3.8, 4) is 12.3 Å². The molecule has 3 atom stereocenters. The van der Waals surface area contributed by atoms with Crippen LogP contribution in [0.15, 0.2) is 0 Å². The van der Waals surface area contributed by atoms with Crippen molar-refractivity contribution in [3.63, 3.8) is 0 Å². The average Bonchev–Trinajstić information content (AvgIpc) is 2.03. The van der Waals surface area contributed by atoms with Crippen molar-refractivity contribution < 1.29 is 5.11 Å². The van der Waals surface area contributed by atoms with Crippen LogP contribution in [0.5, 0.6) is 0 Å². The zero-order valence-corrected chi connectivity index (χ0v) is 7.09. The molecule has 0 aromatic carbocycles. The van der Waals surface area contributed by atoms with E-state index >= 15 is 0 Å². The predicted octanol–water partition coefficient (Wildman–Crippen LogP) is 1.81. The number of rotatable bonds is 1. The first-order chi connectivity index (χ1) is 5.24. The molecule has 1 heteroatoms. The van der Waals surface area contributed by atoms with Crippen LogP contribution in [0.3, 0.4) is 0 Å². The highest BCUT2D eigenvalue weighted by atomic mass is 16.3. The third-order valence-corrected chi connectivity index (χ3v) is 2.59. The molecular weight excluding hydrogens is 136 g/mol. The van der Waals surface area contributed by atoms with Gasteiger partial charge in [0.25, 0.3) is 0 Å². The Morgan fingerprint density at radius 2 is 2.27 bits per heavy atom. The summed E-state index contributed by atoms with van der Waals surface area (Å²) in [5.74, 6) is 3.52. The standard InChI is InChI=1S/C10H16O/c1-3-10(11)9-6-4-5-8(2)7-9/h1,8-11H,4-7H2,2H3. The second-order valence-corrected chi connectivity index (χ2v) is 3.64. The highest BCUT2D eigenvalue weighted by Gasteiger charge is 2.23. The maximum atomic E-state index is 9.36. The van der Waals surface area contributed by atoms with Gasteiger partial charge in [0.15, 0.2) is 0 Å². The van der Waals surface area contributed by atoms with Gasteiger partial charge in [-0.25, -0.2) is 0 Å². The summed E-state index contributed by atoms with van der Waals surface area (Å²) >= 11 is 0. The molecule has 0 amide bonds. The fourth-order valence-corrected chi connectivity index (χ4v) is 1.90. The Bertz CT molecular complexity index is 157. The monoisotopic (exact) mass is 152 g/mol. The van der Waals surface area contributed by atoms with Crippen LogP contribution in [0.4, 0.5) is 0 Å². The van der Waals surface area contributed by atoms with Gasteiger partial charge < -0.3 is 5.11 Å². The fraction of sp³-hybridized carbons (Fsp3) is 0.800. The van der Waals surface area contributed by atoms with Gasteiger partial charge in [0, 0.05) is 0 Å². The SMILES string of the molecule is C#CC(O)C1CCCC(C)C1. The molecule has 0 aliphatic heterocycles. The zero-order valence-electron chi connectivity index (χ0n) is 7.09. The summed E-state index contributed by atoms with van der Waals surface area (Å²) in [5.41, 5.74) is 0. The van der Waals surface area contributed by atoms with Crippen LogP contribution in [0.25, 0.3) is 0 Å². The van der Waals surface area contributed by atoms with E-state index in [1.54, 1.807) is 0 Å². The molecule has 0 heterocycles. The maximum absolute atomic E-state index is 9.36. The van der Waals surface area contributed by atoms with E-state index < -0.39 is 6.10 Å². The Balaban J connectivity index is 2.40. The van der Waals surface area contributed by atoms with Crippen molar-refractivity contribution in [1.82, 2.24) is 0 Å². The van der Waals surface area contributed by atoms with Crippen molar-refractivity contribution >= 4 is 0 Å². The van der Waals surface area contributed by atoms with Gasteiger partial charge in [-0.3, -0.25) is 0 Å². The van der Waals surface area contributed by atoms with Crippen LogP contribution in [-0.2, 0) is 0 Å². The molecule has 1 aliphatic carbocycles. The summed E-state index contributed by atoms with van der Waals surface area (Å²) in [6, 6.07) is 0. The topological polar surface area (TPSA) is 20.2 Å². The van der Waals surface area contributed by atoms with Crippen LogP contribution in [0.2, 0.25) is 0 Å². The summed E-state index contributed by atoms with van der Waals surface area (Å²) in [5, 5.41) is 9.36. The molecule has 1 nitrogen and oxygen atoms in total. The molecule has 0 aromatic heterocycles. The summed E-state index contributed by atoms with van der Waals surface area (Å²) in [6.07, 6.45) is 9.38. The Morgan fingerprint density at radius 1 is 1.55 bits per heavy atom. The number of aliphatic hydroxyl groups excluding tert-OH is 1. The summed E-state index contributed by atoms with van der Waals surface area (Å²) in [7, 11) is 0. The summed E-state index contributed by atoms with van der Waals surface area (Å²) < 4.78 is 0. The first-order valence-corrected chi connectivity index (χ1v) is 4.38. The highest BCUT2D eigenvalue weighted by molar-refractivity contribution is 4.97. The van der Waals surface area contributed by atoms with E-state index in [1.807, 2.05) is 0 Å². The summed E-state index contributed by atoms with van der Waals surface area (Å²) in [4.78, 5) is 0. The predicted molar refractivity (Wildman–Crippen MR) is 46.0 cm³/mol. The molecule has 1 saturated carbocycles. The lowest BCUT2D eigenvalue weighted by atomic mass is 9.80. The lowest BCUT2D eigenvalue weighted by Gasteiger charge is -2.27. The van der Waals surface area contributed by atoms with Gasteiger partial charge in [-0.1, -0.05) is 25.7 Å². The van der Waals surface area contributed by atoms with E-state index in [2.05, 4.69) is 12.8 Å². The Morgan fingerprint density at radius 3 is 2.82 bits per heavy atom. The van der Waals surface area contributed by atoms with Crippen LogP contribution < -0.4 is 0 Å². The second kappa shape index (κ2) is 3.78. The van der Waals surface area contributed by atoms with Crippen molar-refractivity contribution in [2.24, 2.45) is 11.8 Å². The lowest BCUT2D eigenvalue weighted by Crippen LogP contribution is -2.24. The van der Waals surface area contributed by atoms with E-state index in [-0.39, 0.29) is 0 Å². The van der Waals surface area contributed by atoms with Gasteiger partial charge in [-0.05, 0) is 24.7 Å². The van der Waals surface area contributed by atoms with Crippen molar-refractivity contribution in [2.45, 2.75) is 38.7 Å². The third-order valence-electron chi connectivity index (χ3n) is 2.59. The van der Waals surface area contributed by atoms with Crippen molar-refractivity contribution in [3.05, 3.63) is 0 Å². The van der Waals surface area contributed by atoms with E-state index in [4.69, 9.17) is 6.42 Å². The molecule has 1 fully saturated rings. The van der Waals surface area contributed by atoms with Gasteiger partial charge in [-0.15, -0.1) is 6.42 Å². The van der Waals surface area contributed by atoms with Crippen molar-refractivity contribution in [2.75, 3.05) is 0 Å². The molecule has 1 N–H and O–H groups in total. The van der Waals surface area contributed by atoms with Gasteiger partial charge >= 0.3 is 0 Å². The minimum atomic E-state index is -0.502. The van der Waals surface area contributed by atoms with Crippen molar-refractivity contribution in [1.29, 1.82) is 0 Å². The fourth-order valence-electron chi connectivity index (χ4n) is 1.90. The Labute approximate surface area is 68.8 Å². The molecule has 0 spiro atoms. The molecular formula is C10H16O. The van der Waals surface area contributed by atoms with Gasteiger partial charge in [0.2, 0.25) is 0 Å². The van der Waals surface area contributed by atoms with Crippen LogP contribution in [0.1, 0.15) is 32.6 Å². The first kappa shape index (κ1) is 8.62. The molecule has 0 radical (unpaired) electrons. The number of hydrogen-bond donors (Lipinski definition) is 1. The van der Waals surface area contributed by atoms with Gasteiger partial charge in [0.05, 0.1) is 0 Å². The average molecular weight is 152 g/mol.